The van der Waals surface area contributed by atoms with Crippen LogP contribution in [0.5, 0.6) is 0 Å². The Morgan fingerprint density at radius 3 is 2.08 bits per heavy atom. The Morgan fingerprint density at radius 1 is 1.12 bits per heavy atom. The molecule has 6 heteroatoms. The molecule has 1 atom stereocenters. The van der Waals surface area contributed by atoms with Crippen LogP contribution in [-0.4, -0.2) is 49.9 Å². The highest BCUT2D eigenvalue weighted by Gasteiger charge is 2.27. The first kappa shape index (κ1) is 24.4. The van der Waals surface area contributed by atoms with Crippen LogP contribution in [0.4, 0.5) is 0 Å². The number of nitrogens with zero attached hydrogens (tertiary/aromatic N) is 1. The van der Waals surface area contributed by atoms with Gasteiger partial charge in [-0.2, -0.15) is 0 Å². The highest BCUT2D eigenvalue weighted by atomic mass is 35.5. The van der Waals surface area contributed by atoms with E-state index in [2.05, 4.69) is 31.4 Å². The molecule has 0 saturated heterocycles. The van der Waals surface area contributed by atoms with Crippen molar-refractivity contribution >= 4 is 24.2 Å². The lowest BCUT2D eigenvalue weighted by Gasteiger charge is -2.27. The summed E-state index contributed by atoms with van der Waals surface area (Å²) >= 11 is 0. The zero-order chi connectivity index (χ0) is 19.2. The van der Waals surface area contributed by atoms with Crippen molar-refractivity contribution in [2.75, 3.05) is 27.2 Å². The second kappa shape index (κ2) is 10.5. The van der Waals surface area contributed by atoms with Gasteiger partial charge in [-0.15, -0.1) is 12.4 Å². The number of carbonyl (C=O) groups excluding carboxylic acids is 2. The fourth-order valence-corrected chi connectivity index (χ4v) is 2.49. The maximum Gasteiger partial charge on any atom is 0.251 e. The van der Waals surface area contributed by atoms with Gasteiger partial charge in [0.2, 0.25) is 5.91 Å². The predicted molar refractivity (Wildman–Crippen MR) is 110 cm³/mol. The number of hydrogen-bond donors (Lipinski definition) is 2. The van der Waals surface area contributed by atoms with Gasteiger partial charge in [-0.25, -0.2) is 0 Å². The first-order valence-electron chi connectivity index (χ1n) is 8.89. The van der Waals surface area contributed by atoms with E-state index in [0.29, 0.717) is 12.1 Å². The van der Waals surface area contributed by atoms with Crippen molar-refractivity contribution < 1.29 is 9.59 Å². The molecule has 2 N–H and O–H groups in total. The third-order valence-corrected chi connectivity index (χ3v) is 4.31. The molecule has 0 heterocycles. The molecule has 0 aromatic heterocycles. The van der Waals surface area contributed by atoms with Gasteiger partial charge in [0.05, 0.1) is 0 Å². The third kappa shape index (κ3) is 6.96. The van der Waals surface area contributed by atoms with E-state index in [1.807, 2.05) is 45.2 Å². The molecule has 0 fully saturated rings. The van der Waals surface area contributed by atoms with Gasteiger partial charge < -0.3 is 15.5 Å². The van der Waals surface area contributed by atoms with Gasteiger partial charge in [0.1, 0.15) is 6.04 Å². The molecule has 0 aliphatic carbocycles. The Morgan fingerprint density at radius 2 is 1.65 bits per heavy atom. The lowest BCUT2D eigenvalue weighted by molar-refractivity contribution is -0.132. The van der Waals surface area contributed by atoms with E-state index in [-0.39, 0.29) is 35.6 Å². The average Bonchev–Trinajstić information content (AvgIpc) is 2.55. The minimum absolute atomic E-state index is 0. The normalized spacial score (nSPS) is 12.3. The van der Waals surface area contributed by atoms with E-state index in [4.69, 9.17) is 0 Å². The molecule has 5 nitrogen and oxygen atoms in total. The summed E-state index contributed by atoms with van der Waals surface area (Å²) in [5.41, 5.74) is 1.79. The van der Waals surface area contributed by atoms with E-state index in [1.54, 1.807) is 11.9 Å². The van der Waals surface area contributed by atoms with Crippen molar-refractivity contribution in [1.29, 1.82) is 0 Å². The lowest BCUT2D eigenvalue weighted by Crippen LogP contribution is -2.51. The van der Waals surface area contributed by atoms with Crippen LogP contribution >= 0.6 is 12.4 Å². The molecular formula is C20H34ClN3O2. The largest absolute Gasteiger partial charge is 0.343 e. The number of benzene rings is 1. The fourth-order valence-electron chi connectivity index (χ4n) is 2.49. The summed E-state index contributed by atoms with van der Waals surface area (Å²) in [6.07, 6.45) is 0. The molecule has 2 amide bonds. The van der Waals surface area contributed by atoms with Gasteiger partial charge in [0.25, 0.3) is 5.91 Å². The number of halogens is 1. The number of nitrogens with one attached hydrogen (secondary N) is 2. The molecule has 0 radical (unpaired) electrons. The van der Waals surface area contributed by atoms with Crippen molar-refractivity contribution in [3.63, 3.8) is 0 Å². The number of likely N-dealkylation sites (N-methyl/N-ethyl adjacent to an activating group) is 2. The standard InChI is InChI=1S/C20H33N3O2.ClH/c1-14(2)17(19(25)23(7)13-12-21-6)22-18(24)15-8-10-16(11-9-15)20(3,4)5;/h8-11,14,17,21H,12-13H2,1-7H3,(H,22,24);1H. The summed E-state index contributed by atoms with van der Waals surface area (Å²) in [6.45, 7) is 11.6. The summed E-state index contributed by atoms with van der Waals surface area (Å²) in [7, 11) is 3.61. The quantitative estimate of drug-likeness (QED) is 0.761. The summed E-state index contributed by atoms with van der Waals surface area (Å²) in [6, 6.07) is 7.06. The highest BCUT2D eigenvalue weighted by Crippen LogP contribution is 2.22. The van der Waals surface area contributed by atoms with E-state index in [9.17, 15) is 9.59 Å². The van der Waals surface area contributed by atoms with Crippen LogP contribution in [0, 0.1) is 5.92 Å². The second-order valence-electron chi connectivity index (χ2n) is 7.89. The van der Waals surface area contributed by atoms with Gasteiger partial charge in [0.15, 0.2) is 0 Å². The topological polar surface area (TPSA) is 61.4 Å². The van der Waals surface area contributed by atoms with Gasteiger partial charge >= 0.3 is 0 Å². The Bertz CT molecular complexity index is 580. The molecule has 0 bridgehead atoms. The maximum absolute atomic E-state index is 12.6. The van der Waals surface area contributed by atoms with Crippen molar-refractivity contribution in [2.24, 2.45) is 5.92 Å². The van der Waals surface area contributed by atoms with E-state index in [1.165, 1.54) is 5.56 Å². The van der Waals surface area contributed by atoms with E-state index < -0.39 is 6.04 Å². The lowest BCUT2D eigenvalue weighted by atomic mass is 9.86. The molecule has 1 aromatic carbocycles. The molecular weight excluding hydrogens is 350 g/mol. The number of amides is 2. The molecule has 1 rings (SSSR count). The second-order valence-corrected chi connectivity index (χ2v) is 7.89. The number of carbonyl (C=O) groups is 2. The minimum atomic E-state index is -0.531. The van der Waals surface area contributed by atoms with E-state index >= 15 is 0 Å². The van der Waals surface area contributed by atoms with Gasteiger partial charge in [-0.05, 0) is 36.1 Å². The summed E-state index contributed by atoms with van der Waals surface area (Å²) < 4.78 is 0. The Hall–Kier alpha value is -1.59. The molecule has 148 valence electrons. The van der Waals surface area contributed by atoms with Crippen LogP contribution in [0.25, 0.3) is 0 Å². The van der Waals surface area contributed by atoms with Crippen LogP contribution in [0.15, 0.2) is 24.3 Å². The van der Waals surface area contributed by atoms with Gasteiger partial charge in [-0.3, -0.25) is 9.59 Å². The van der Waals surface area contributed by atoms with Crippen molar-refractivity contribution in [3.8, 4) is 0 Å². The van der Waals surface area contributed by atoms with Crippen LogP contribution < -0.4 is 10.6 Å². The fraction of sp³-hybridized carbons (Fsp3) is 0.600. The predicted octanol–water partition coefficient (Wildman–Crippen LogP) is 2.84. The van der Waals surface area contributed by atoms with Crippen molar-refractivity contribution in [3.05, 3.63) is 35.4 Å². The molecule has 0 spiro atoms. The monoisotopic (exact) mass is 383 g/mol. The zero-order valence-electron chi connectivity index (χ0n) is 17.1. The summed E-state index contributed by atoms with van der Waals surface area (Å²) in [5, 5.41) is 5.92. The Kier molecular flexibility index (Phi) is 9.89. The molecule has 26 heavy (non-hydrogen) atoms. The highest BCUT2D eigenvalue weighted by molar-refractivity contribution is 5.97. The summed E-state index contributed by atoms with van der Waals surface area (Å²) in [4.78, 5) is 26.9. The van der Waals surface area contributed by atoms with Crippen LogP contribution in [0.3, 0.4) is 0 Å². The maximum atomic E-state index is 12.6. The minimum Gasteiger partial charge on any atom is -0.343 e. The number of rotatable bonds is 7. The van der Waals surface area contributed by atoms with E-state index in [0.717, 1.165) is 6.54 Å². The van der Waals surface area contributed by atoms with Gasteiger partial charge in [0, 0.05) is 25.7 Å². The van der Waals surface area contributed by atoms with Crippen molar-refractivity contribution in [1.82, 2.24) is 15.5 Å². The first-order chi connectivity index (χ1) is 11.6. The number of hydrogen-bond acceptors (Lipinski definition) is 3. The third-order valence-electron chi connectivity index (χ3n) is 4.31. The Balaban J connectivity index is 0.00000625. The summed E-state index contributed by atoms with van der Waals surface area (Å²) in [5.74, 6) is -0.262. The van der Waals surface area contributed by atoms with Crippen LogP contribution in [-0.2, 0) is 10.2 Å². The molecule has 0 aliphatic heterocycles. The average molecular weight is 384 g/mol. The molecule has 0 aliphatic rings. The Labute approximate surface area is 164 Å². The van der Waals surface area contributed by atoms with Gasteiger partial charge in [-0.1, -0.05) is 46.8 Å². The van der Waals surface area contributed by atoms with Crippen molar-refractivity contribution in [2.45, 2.75) is 46.1 Å². The molecule has 0 saturated carbocycles. The SMILES string of the molecule is CNCCN(C)C(=O)C(NC(=O)c1ccc(C(C)(C)C)cc1)C(C)C.Cl. The molecule has 1 aromatic rings. The molecule has 1 unspecified atom stereocenters. The van der Waals surface area contributed by atoms with Crippen LogP contribution in [0.1, 0.15) is 50.5 Å². The first-order valence-corrected chi connectivity index (χ1v) is 8.89. The zero-order valence-corrected chi connectivity index (χ0v) is 17.9. The van der Waals surface area contributed by atoms with Crippen LogP contribution in [0.2, 0.25) is 0 Å². The smallest absolute Gasteiger partial charge is 0.251 e.